The molecule has 0 N–H and O–H groups in total. The fourth-order valence-corrected chi connectivity index (χ4v) is 1.79. The number of rotatable bonds is 1. The van der Waals surface area contributed by atoms with E-state index in [0.29, 0.717) is 15.1 Å². The molecule has 0 aliphatic rings. The lowest BCUT2D eigenvalue weighted by atomic mass is 10.2. The van der Waals surface area contributed by atoms with E-state index in [0.717, 1.165) is 0 Å². The van der Waals surface area contributed by atoms with E-state index in [-0.39, 0.29) is 10.7 Å². The number of halogens is 3. The van der Waals surface area contributed by atoms with Crippen molar-refractivity contribution in [2.24, 2.45) is 0 Å². The van der Waals surface area contributed by atoms with Gasteiger partial charge in [0.25, 0.3) is 5.69 Å². The Labute approximate surface area is 92.9 Å². The summed E-state index contributed by atoms with van der Waals surface area (Å²) in [6.45, 7) is 1.60. The van der Waals surface area contributed by atoms with Crippen LogP contribution in [0.3, 0.4) is 0 Å². The normalized spacial score (nSPS) is 10.2. The van der Waals surface area contributed by atoms with Crippen LogP contribution in [0, 0.1) is 17.0 Å². The van der Waals surface area contributed by atoms with Gasteiger partial charge in [0.1, 0.15) is 0 Å². The Hall–Kier alpha value is -0.320. The van der Waals surface area contributed by atoms with Crippen molar-refractivity contribution in [2.45, 2.75) is 6.92 Å². The molecule has 0 bridgehead atoms. The Morgan fingerprint density at radius 3 is 2.54 bits per heavy atom. The van der Waals surface area contributed by atoms with E-state index in [9.17, 15) is 10.1 Å². The Kier molecular flexibility index (Phi) is 3.16. The first-order chi connectivity index (χ1) is 5.95. The minimum atomic E-state index is -0.498. The maximum absolute atomic E-state index is 10.5. The fraction of sp³-hybridized carbons (Fsp3) is 0.143. The Balaban J connectivity index is 3.50. The zero-order valence-electron chi connectivity index (χ0n) is 6.47. The van der Waals surface area contributed by atoms with E-state index in [4.69, 9.17) is 23.2 Å². The molecular weight excluding hydrogens is 281 g/mol. The number of nitrogens with zero attached hydrogens (tertiary/aromatic N) is 1. The first-order valence-corrected chi connectivity index (χ1v) is 4.78. The van der Waals surface area contributed by atoms with Crippen molar-refractivity contribution in [1.29, 1.82) is 0 Å². The van der Waals surface area contributed by atoms with Gasteiger partial charge < -0.3 is 0 Å². The molecule has 0 radical (unpaired) electrons. The largest absolute Gasteiger partial charge is 0.275 e. The van der Waals surface area contributed by atoms with E-state index in [1.807, 2.05) is 0 Å². The van der Waals surface area contributed by atoms with Crippen molar-refractivity contribution in [3.8, 4) is 0 Å². The molecule has 1 aromatic carbocycles. The average Bonchev–Trinajstić information content (AvgIpc) is 2.07. The lowest BCUT2D eigenvalue weighted by Gasteiger charge is -2.03. The summed E-state index contributed by atoms with van der Waals surface area (Å²) in [7, 11) is 0. The molecule has 0 saturated carbocycles. The van der Waals surface area contributed by atoms with Gasteiger partial charge >= 0.3 is 0 Å². The van der Waals surface area contributed by atoms with Gasteiger partial charge in [-0.1, -0.05) is 23.2 Å². The van der Waals surface area contributed by atoms with Crippen LogP contribution in [0.1, 0.15) is 5.56 Å². The maximum atomic E-state index is 10.5. The molecule has 0 aromatic heterocycles. The van der Waals surface area contributed by atoms with E-state index < -0.39 is 4.92 Å². The Morgan fingerprint density at radius 1 is 1.54 bits per heavy atom. The smallest absolute Gasteiger partial charge is 0.258 e. The zero-order valence-corrected chi connectivity index (χ0v) is 9.57. The predicted molar refractivity (Wildman–Crippen MR) is 55.6 cm³/mol. The second kappa shape index (κ2) is 3.82. The lowest BCUT2D eigenvalue weighted by molar-refractivity contribution is -0.385. The molecule has 1 rings (SSSR count). The van der Waals surface area contributed by atoms with E-state index in [2.05, 4.69) is 15.9 Å². The first kappa shape index (κ1) is 10.8. The van der Waals surface area contributed by atoms with Crippen LogP contribution in [0.2, 0.25) is 10.0 Å². The quantitative estimate of drug-likeness (QED) is 0.445. The van der Waals surface area contributed by atoms with Crippen LogP contribution in [0.4, 0.5) is 5.69 Å². The second-order valence-corrected chi connectivity index (χ2v) is 3.97. The van der Waals surface area contributed by atoms with Crippen molar-refractivity contribution < 1.29 is 4.92 Å². The molecule has 70 valence electrons. The molecular formula is C7H4BrCl2NO2. The molecule has 0 spiro atoms. The van der Waals surface area contributed by atoms with Crippen molar-refractivity contribution in [2.75, 3.05) is 0 Å². The minimum Gasteiger partial charge on any atom is -0.258 e. The molecule has 0 unspecified atom stereocenters. The van der Waals surface area contributed by atoms with Crippen molar-refractivity contribution in [3.63, 3.8) is 0 Å². The van der Waals surface area contributed by atoms with Crippen LogP contribution in [0.5, 0.6) is 0 Å². The number of hydrogen-bond donors (Lipinski definition) is 0. The van der Waals surface area contributed by atoms with Gasteiger partial charge in [0, 0.05) is 16.1 Å². The molecule has 0 saturated heterocycles. The monoisotopic (exact) mass is 283 g/mol. The van der Waals surface area contributed by atoms with Gasteiger partial charge in [-0.25, -0.2) is 0 Å². The van der Waals surface area contributed by atoms with Gasteiger partial charge in [-0.2, -0.15) is 0 Å². The van der Waals surface area contributed by atoms with Gasteiger partial charge in [-0.15, -0.1) is 0 Å². The van der Waals surface area contributed by atoms with Crippen LogP contribution in [-0.2, 0) is 0 Å². The molecule has 6 heteroatoms. The third kappa shape index (κ3) is 1.95. The van der Waals surface area contributed by atoms with Gasteiger partial charge in [-0.3, -0.25) is 10.1 Å². The van der Waals surface area contributed by atoms with E-state index >= 15 is 0 Å². The summed E-state index contributed by atoms with van der Waals surface area (Å²) in [4.78, 5) is 10.0. The van der Waals surface area contributed by atoms with E-state index in [1.54, 1.807) is 6.92 Å². The SMILES string of the molecule is Cc1c([N+](=O)[O-])cc(Cl)c(Cl)c1Br. The van der Waals surface area contributed by atoms with Gasteiger partial charge in [0.2, 0.25) is 0 Å². The Morgan fingerprint density at radius 2 is 2.08 bits per heavy atom. The van der Waals surface area contributed by atoms with Gasteiger partial charge in [-0.05, 0) is 22.9 Å². The summed E-state index contributed by atoms with van der Waals surface area (Å²) in [5, 5.41) is 11.0. The maximum Gasteiger partial charge on any atom is 0.275 e. The highest BCUT2D eigenvalue weighted by atomic mass is 79.9. The number of benzene rings is 1. The molecule has 13 heavy (non-hydrogen) atoms. The zero-order chi connectivity index (χ0) is 10.2. The van der Waals surface area contributed by atoms with Gasteiger partial charge in [0.15, 0.2) is 0 Å². The first-order valence-electron chi connectivity index (χ1n) is 3.23. The number of nitro groups is 1. The fourth-order valence-electron chi connectivity index (χ4n) is 0.863. The van der Waals surface area contributed by atoms with Crippen LogP contribution in [0.15, 0.2) is 10.5 Å². The summed E-state index contributed by atoms with van der Waals surface area (Å²) in [5.41, 5.74) is 0.431. The summed E-state index contributed by atoms with van der Waals surface area (Å²) in [6, 6.07) is 1.24. The number of hydrogen-bond acceptors (Lipinski definition) is 2. The highest BCUT2D eigenvalue weighted by Gasteiger charge is 2.18. The molecule has 0 aliphatic carbocycles. The molecule has 0 heterocycles. The van der Waals surface area contributed by atoms with Crippen LogP contribution < -0.4 is 0 Å². The van der Waals surface area contributed by atoms with Gasteiger partial charge in [0.05, 0.1) is 15.0 Å². The molecule has 0 atom stereocenters. The summed E-state index contributed by atoms with van der Waals surface area (Å²) in [5.74, 6) is 0. The van der Waals surface area contributed by atoms with Crippen molar-refractivity contribution in [3.05, 3.63) is 36.3 Å². The topological polar surface area (TPSA) is 43.1 Å². The molecule has 3 nitrogen and oxygen atoms in total. The van der Waals surface area contributed by atoms with Crippen LogP contribution >= 0.6 is 39.1 Å². The highest BCUT2D eigenvalue weighted by Crippen LogP contribution is 2.37. The molecule has 1 aromatic rings. The highest BCUT2D eigenvalue weighted by molar-refractivity contribution is 9.10. The number of nitro benzene ring substituents is 1. The Bertz CT molecular complexity index is 381. The molecule has 0 fully saturated rings. The predicted octanol–water partition coefficient (Wildman–Crippen LogP) is 3.97. The van der Waals surface area contributed by atoms with Crippen LogP contribution in [-0.4, -0.2) is 4.92 Å². The summed E-state index contributed by atoms with van der Waals surface area (Å²) < 4.78 is 0.466. The third-order valence-corrected chi connectivity index (χ3v) is 3.58. The summed E-state index contributed by atoms with van der Waals surface area (Å²) >= 11 is 14.6. The van der Waals surface area contributed by atoms with Crippen LogP contribution in [0.25, 0.3) is 0 Å². The van der Waals surface area contributed by atoms with Crippen molar-refractivity contribution in [1.82, 2.24) is 0 Å². The third-order valence-electron chi connectivity index (χ3n) is 1.58. The standard InChI is InChI=1S/C7H4BrCl2NO2/c1-3-5(11(12)13)2-4(9)7(10)6(3)8/h2H,1H3. The lowest BCUT2D eigenvalue weighted by Crippen LogP contribution is -1.93. The summed E-state index contributed by atoms with van der Waals surface area (Å²) in [6.07, 6.45) is 0. The molecule has 0 amide bonds. The minimum absolute atomic E-state index is 0.0405. The average molecular weight is 285 g/mol. The molecule has 0 aliphatic heterocycles. The second-order valence-electron chi connectivity index (χ2n) is 2.39. The van der Waals surface area contributed by atoms with Crippen molar-refractivity contribution >= 4 is 44.8 Å². The van der Waals surface area contributed by atoms with E-state index in [1.165, 1.54) is 6.07 Å².